The summed E-state index contributed by atoms with van der Waals surface area (Å²) in [5, 5.41) is 4.25. The normalized spacial score (nSPS) is 20.0. The average molecular weight is 325 g/mol. The summed E-state index contributed by atoms with van der Waals surface area (Å²) in [4.78, 5) is 14.4. The Bertz CT molecular complexity index is 664. The topological polar surface area (TPSA) is 72.3 Å². The molecular weight excluding hydrogens is 302 g/mol. The molecule has 0 saturated carbocycles. The van der Waals surface area contributed by atoms with Gasteiger partial charge in [-0.05, 0) is 19.8 Å². The predicted molar refractivity (Wildman–Crippen MR) is 85.5 cm³/mol. The van der Waals surface area contributed by atoms with Crippen molar-refractivity contribution in [1.82, 2.24) is 14.7 Å². The molecule has 1 unspecified atom stereocenters. The molecule has 1 fully saturated rings. The minimum atomic E-state index is -3.04. The van der Waals surface area contributed by atoms with E-state index in [9.17, 15) is 13.2 Å². The number of hydrogen-bond donors (Lipinski definition) is 0. The Morgan fingerprint density at radius 1 is 1.59 bits per heavy atom. The highest BCUT2D eigenvalue weighted by Gasteiger charge is 2.35. The van der Waals surface area contributed by atoms with E-state index in [4.69, 9.17) is 0 Å². The SMILES string of the molecule is C=CCN(C(=O)c1cnn(CCC)c1C)C1CCS(=O)(=O)C1. The number of aryl methyl sites for hydroxylation is 1. The highest BCUT2D eigenvalue weighted by atomic mass is 32.2. The van der Waals surface area contributed by atoms with Crippen LogP contribution in [0.1, 0.15) is 35.8 Å². The third-order valence-corrected chi connectivity index (χ3v) is 5.76. The molecule has 0 aliphatic carbocycles. The molecule has 6 nitrogen and oxygen atoms in total. The molecule has 0 N–H and O–H groups in total. The van der Waals surface area contributed by atoms with Gasteiger partial charge in [0.2, 0.25) is 0 Å². The summed E-state index contributed by atoms with van der Waals surface area (Å²) in [6.07, 6.45) is 4.64. The van der Waals surface area contributed by atoms with E-state index in [-0.39, 0.29) is 23.5 Å². The second-order valence-corrected chi connectivity index (χ2v) is 7.90. The van der Waals surface area contributed by atoms with E-state index >= 15 is 0 Å². The van der Waals surface area contributed by atoms with Crippen LogP contribution in [-0.2, 0) is 16.4 Å². The third-order valence-electron chi connectivity index (χ3n) is 4.00. The van der Waals surface area contributed by atoms with Crippen LogP contribution in [0.4, 0.5) is 0 Å². The van der Waals surface area contributed by atoms with Gasteiger partial charge in [0.1, 0.15) is 0 Å². The molecule has 22 heavy (non-hydrogen) atoms. The Balaban J connectivity index is 2.25. The molecule has 0 spiro atoms. The first-order chi connectivity index (χ1) is 10.4. The van der Waals surface area contributed by atoms with Gasteiger partial charge in [0.25, 0.3) is 5.91 Å². The number of carbonyl (C=O) groups excluding carboxylic acids is 1. The number of sulfone groups is 1. The average Bonchev–Trinajstić information content (AvgIpc) is 3.00. The summed E-state index contributed by atoms with van der Waals surface area (Å²) in [7, 11) is -3.04. The molecule has 2 heterocycles. The van der Waals surface area contributed by atoms with Gasteiger partial charge in [0, 0.05) is 24.8 Å². The van der Waals surface area contributed by atoms with E-state index in [2.05, 4.69) is 18.6 Å². The maximum Gasteiger partial charge on any atom is 0.257 e. The van der Waals surface area contributed by atoms with Crippen molar-refractivity contribution in [3.05, 3.63) is 30.1 Å². The molecule has 122 valence electrons. The largest absolute Gasteiger partial charge is 0.331 e. The van der Waals surface area contributed by atoms with Gasteiger partial charge in [-0.15, -0.1) is 6.58 Å². The van der Waals surface area contributed by atoms with Crippen LogP contribution in [0.3, 0.4) is 0 Å². The molecule has 1 amide bonds. The van der Waals surface area contributed by atoms with Gasteiger partial charge in [0.15, 0.2) is 9.84 Å². The Morgan fingerprint density at radius 2 is 2.32 bits per heavy atom. The fourth-order valence-corrected chi connectivity index (χ4v) is 4.54. The molecule has 7 heteroatoms. The summed E-state index contributed by atoms with van der Waals surface area (Å²) in [5.74, 6) is 0.0170. The monoisotopic (exact) mass is 325 g/mol. The number of carbonyl (C=O) groups is 1. The van der Waals surface area contributed by atoms with E-state index in [1.54, 1.807) is 17.2 Å². The summed E-state index contributed by atoms with van der Waals surface area (Å²) < 4.78 is 25.2. The maximum atomic E-state index is 12.8. The highest BCUT2D eigenvalue weighted by molar-refractivity contribution is 7.91. The van der Waals surface area contributed by atoms with Crippen LogP contribution in [0.15, 0.2) is 18.9 Å². The van der Waals surface area contributed by atoms with Crippen LogP contribution in [0, 0.1) is 6.92 Å². The third kappa shape index (κ3) is 3.40. The second kappa shape index (κ2) is 6.64. The lowest BCUT2D eigenvalue weighted by atomic mass is 10.1. The van der Waals surface area contributed by atoms with Crippen molar-refractivity contribution < 1.29 is 13.2 Å². The summed E-state index contributed by atoms with van der Waals surface area (Å²) >= 11 is 0. The van der Waals surface area contributed by atoms with E-state index in [0.29, 0.717) is 18.5 Å². The molecule has 0 bridgehead atoms. The first-order valence-electron chi connectivity index (χ1n) is 7.54. The second-order valence-electron chi connectivity index (χ2n) is 5.67. The zero-order chi connectivity index (χ0) is 16.3. The molecule has 0 radical (unpaired) electrons. The van der Waals surface area contributed by atoms with Gasteiger partial charge in [-0.2, -0.15) is 5.10 Å². The van der Waals surface area contributed by atoms with Gasteiger partial charge in [-0.25, -0.2) is 8.42 Å². The molecule has 1 aromatic rings. The lowest BCUT2D eigenvalue weighted by Crippen LogP contribution is -2.41. The van der Waals surface area contributed by atoms with Crippen molar-refractivity contribution in [2.24, 2.45) is 0 Å². The zero-order valence-corrected chi connectivity index (χ0v) is 14.0. The summed E-state index contributed by atoms with van der Waals surface area (Å²) in [6, 6.07) is -0.274. The lowest BCUT2D eigenvalue weighted by Gasteiger charge is -2.27. The van der Waals surface area contributed by atoms with Crippen molar-refractivity contribution in [2.75, 3.05) is 18.1 Å². The van der Waals surface area contributed by atoms with E-state index in [1.807, 2.05) is 11.6 Å². The Labute approximate surface area is 131 Å². The zero-order valence-electron chi connectivity index (χ0n) is 13.2. The molecule has 1 aromatic heterocycles. The highest BCUT2D eigenvalue weighted by Crippen LogP contribution is 2.21. The summed E-state index contributed by atoms with van der Waals surface area (Å²) in [6.45, 7) is 8.70. The van der Waals surface area contributed by atoms with E-state index < -0.39 is 9.84 Å². The fourth-order valence-electron chi connectivity index (χ4n) is 2.81. The lowest BCUT2D eigenvalue weighted by molar-refractivity contribution is 0.0719. The van der Waals surface area contributed by atoms with Gasteiger partial charge in [-0.1, -0.05) is 13.0 Å². The summed E-state index contributed by atoms with van der Waals surface area (Å²) in [5.41, 5.74) is 1.36. The number of aromatic nitrogens is 2. The number of hydrogen-bond acceptors (Lipinski definition) is 4. The Kier molecular flexibility index (Phi) is 5.05. The van der Waals surface area contributed by atoms with Crippen molar-refractivity contribution in [3.63, 3.8) is 0 Å². The van der Waals surface area contributed by atoms with E-state index in [1.165, 1.54) is 0 Å². The van der Waals surface area contributed by atoms with Gasteiger partial charge in [0.05, 0.1) is 23.3 Å². The van der Waals surface area contributed by atoms with Crippen molar-refractivity contribution in [2.45, 2.75) is 39.3 Å². The Morgan fingerprint density at radius 3 is 2.86 bits per heavy atom. The van der Waals surface area contributed by atoms with Gasteiger partial charge in [-0.3, -0.25) is 9.48 Å². The van der Waals surface area contributed by atoms with Gasteiger partial charge >= 0.3 is 0 Å². The minimum Gasteiger partial charge on any atom is -0.331 e. The van der Waals surface area contributed by atoms with Crippen LogP contribution < -0.4 is 0 Å². The van der Waals surface area contributed by atoms with Crippen molar-refractivity contribution in [1.29, 1.82) is 0 Å². The molecule has 0 aromatic carbocycles. The number of amides is 1. The van der Waals surface area contributed by atoms with E-state index in [0.717, 1.165) is 18.7 Å². The molecule has 1 aliphatic rings. The first kappa shape index (κ1) is 16.7. The predicted octanol–water partition coefficient (Wildman–Crippen LogP) is 1.42. The molecule has 1 atom stereocenters. The molecule has 2 rings (SSSR count). The molecule has 1 saturated heterocycles. The minimum absolute atomic E-state index is 0.0364. The Hall–Kier alpha value is -1.63. The van der Waals surface area contributed by atoms with Crippen LogP contribution in [-0.4, -0.2) is 53.1 Å². The van der Waals surface area contributed by atoms with Crippen LogP contribution in [0.2, 0.25) is 0 Å². The van der Waals surface area contributed by atoms with Crippen molar-refractivity contribution in [3.8, 4) is 0 Å². The standard InChI is InChI=1S/C15H23N3O3S/c1-4-7-17(13-6-9-22(20,21)11-13)15(19)14-10-16-18(8-5-2)12(14)3/h4,10,13H,1,5-9,11H2,2-3H3. The quantitative estimate of drug-likeness (QED) is 0.742. The smallest absolute Gasteiger partial charge is 0.257 e. The van der Waals surface area contributed by atoms with Crippen LogP contribution >= 0.6 is 0 Å². The van der Waals surface area contributed by atoms with Crippen LogP contribution in [0.25, 0.3) is 0 Å². The number of rotatable bonds is 6. The molecular formula is C15H23N3O3S. The van der Waals surface area contributed by atoms with Crippen molar-refractivity contribution >= 4 is 15.7 Å². The fraction of sp³-hybridized carbons (Fsp3) is 0.600. The maximum absolute atomic E-state index is 12.8. The first-order valence-corrected chi connectivity index (χ1v) is 9.36. The van der Waals surface area contributed by atoms with Crippen LogP contribution in [0.5, 0.6) is 0 Å². The molecule has 1 aliphatic heterocycles. The number of nitrogens with zero attached hydrogens (tertiary/aromatic N) is 3. The van der Waals surface area contributed by atoms with Gasteiger partial charge < -0.3 is 4.90 Å².